The fraction of sp³-hybridized carbons (Fsp3) is 0.417. The second-order valence-electron chi connectivity index (χ2n) is 9.21. The molecule has 4 rings (SSSR count). The molecular weight excluding hydrogens is 517 g/mol. The minimum absolute atomic E-state index is 0.120. The Balaban J connectivity index is 1.60. The van der Waals surface area contributed by atoms with Gasteiger partial charge in [-0.3, -0.25) is 4.79 Å². The SMILES string of the molecule is Cc1cc(C2=NOC(c3cc(Cl)cc(C(C)(F)F)c3)(C(F)(F)F)C2)ccc1C(=O)NC1CC(F)(F)C1. The van der Waals surface area contributed by atoms with Gasteiger partial charge in [-0.1, -0.05) is 22.8 Å². The smallest absolute Gasteiger partial charge is 0.374 e. The van der Waals surface area contributed by atoms with Crippen molar-refractivity contribution in [1.29, 1.82) is 0 Å². The maximum absolute atomic E-state index is 14.3. The summed E-state index contributed by atoms with van der Waals surface area (Å²) in [5.74, 6) is -6.84. The molecule has 4 nitrogen and oxygen atoms in total. The number of hydrogen-bond donors (Lipinski definition) is 1. The van der Waals surface area contributed by atoms with Crippen molar-refractivity contribution in [1.82, 2.24) is 5.32 Å². The van der Waals surface area contributed by atoms with Gasteiger partial charge in [0.1, 0.15) is 0 Å². The number of nitrogens with one attached hydrogen (secondary N) is 1. The minimum atomic E-state index is -5.04. The molecular formula is C24H20ClF7N2O2. The third-order valence-corrected chi connectivity index (χ3v) is 6.50. The summed E-state index contributed by atoms with van der Waals surface area (Å²) in [6, 6.07) is 5.94. The van der Waals surface area contributed by atoms with Gasteiger partial charge in [0.15, 0.2) is 0 Å². The Morgan fingerprint density at radius 3 is 2.33 bits per heavy atom. The zero-order chi connectivity index (χ0) is 26.7. The van der Waals surface area contributed by atoms with Crippen LogP contribution in [0.2, 0.25) is 5.02 Å². The molecule has 0 bridgehead atoms. The van der Waals surface area contributed by atoms with Crippen LogP contribution in [0.4, 0.5) is 30.7 Å². The molecule has 1 fully saturated rings. The number of hydrogen-bond acceptors (Lipinski definition) is 3. The van der Waals surface area contributed by atoms with Gasteiger partial charge >= 0.3 is 6.18 Å². The van der Waals surface area contributed by atoms with Gasteiger partial charge in [-0.15, -0.1) is 0 Å². The van der Waals surface area contributed by atoms with Crippen LogP contribution in [-0.2, 0) is 16.4 Å². The first kappa shape index (κ1) is 26.2. The third-order valence-electron chi connectivity index (χ3n) is 6.29. The first-order chi connectivity index (χ1) is 16.5. The standard InChI is InChI=1S/C24H20ClF7N2O2/c1-12-5-13(3-4-18(12)20(35)33-17-9-22(28,29)10-17)19-11-23(36-34-19,24(30,31)32)15-6-14(21(2,26)27)7-16(25)8-15/h3-8,17H,9-11H2,1-2H3,(H,33,35). The molecule has 2 aromatic carbocycles. The number of carbonyl (C=O) groups is 1. The van der Waals surface area contributed by atoms with Crippen molar-refractivity contribution in [2.75, 3.05) is 0 Å². The van der Waals surface area contributed by atoms with Crippen LogP contribution in [-0.4, -0.2) is 29.8 Å². The van der Waals surface area contributed by atoms with Crippen molar-refractivity contribution in [2.24, 2.45) is 5.16 Å². The van der Waals surface area contributed by atoms with Gasteiger partial charge in [0, 0.05) is 53.9 Å². The summed E-state index contributed by atoms with van der Waals surface area (Å²) in [5, 5.41) is 5.79. The van der Waals surface area contributed by atoms with Crippen LogP contribution in [0.5, 0.6) is 0 Å². The summed E-state index contributed by atoms with van der Waals surface area (Å²) in [6.45, 7) is 2.07. The second-order valence-corrected chi connectivity index (χ2v) is 9.65. The number of benzene rings is 2. The van der Waals surface area contributed by atoms with Gasteiger partial charge in [-0.2, -0.15) is 13.2 Å². The van der Waals surface area contributed by atoms with E-state index in [4.69, 9.17) is 16.4 Å². The number of amides is 1. The molecule has 0 spiro atoms. The number of alkyl halides is 7. The fourth-order valence-corrected chi connectivity index (χ4v) is 4.49. The van der Waals surface area contributed by atoms with Gasteiger partial charge in [-0.05, 0) is 48.4 Å². The molecule has 1 heterocycles. The highest BCUT2D eigenvalue weighted by Gasteiger charge is 2.62. The van der Waals surface area contributed by atoms with Crippen LogP contribution in [0.25, 0.3) is 0 Å². The highest BCUT2D eigenvalue weighted by Crippen LogP contribution is 2.50. The Labute approximate surface area is 206 Å². The normalized spacial score (nSPS) is 22.0. The van der Waals surface area contributed by atoms with Gasteiger partial charge in [0.2, 0.25) is 0 Å². The average molecular weight is 537 g/mol. The van der Waals surface area contributed by atoms with Gasteiger partial charge in [0.25, 0.3) is 23.4 Å². The Kier molecular flexibility index (Phi) is 6.30. The van der Waals surface area contributed by atoms with E-state index in [2.05, 4.69) is 10.5 Å². The average Bonchev–Trinajstić information content (AvgIpc) is 3.18. The number of halogens is 8. The first-order valence-electron chi connectivity index (χ1n) is 10.8. The van der Waals surface area contributed by atoms with E-state index in [0.717, 1.165) is 12.1 Å². The molecule has 1 aliphatic heterocycles. The van der Waals surface area contributed by atoms with E-state index in [1.54, 1.807) is 0 Å². The lowest BCUT2D eigenvalue weighted by Crippen LogP contribution is -2.50. The molecule has 0 saturated heterocycles. The number of carbonyl (C=O) groups excluding carboxylic acids is 1. The van der Waals surface area contributed by atoms with E-state index in [-0.39, 0.29) is 21.9 Å². The maximum Gasteiger partial charge on any atom is 0.435 e. The highest BCUT2D eigenvalue weighted by atomic mass is 35.5. The van der Waals surface area contributed by atoms with Crippen LogP contribution in [0, 0.1) is 6.92 Å². The summed E-state index contributed by atoms with van der Waals surface area (Å²) in [7, 11) is 0. The van der Waals surface area contributed by atoms with Crippen molar-refractivity contribution < 1.29 is 40.4 Å². The largest absolute Gasteiger partial charge is 0.435 e. The highest BCUT2D eigenvalue weighted by molar-refractivity contribution is 6.30. The Hall–Kier alpha value is -2.82. The summed E-state index contributed by atoms with van der Waals surface area (Å²) in [5.41, 5.74) is -3.74. The lowest BCUT2D eigenvalue weighted by molar-refractivity contribution is -0.275. The lowest BCUT2D eigenvalue weighted by Gasteiger charge is -2.35. The van der Waals surface area contributed by atoms with E-state index in [0.29, 0.717) is 18.6 Å². The molecule has 0 radical (unpaired) electrons. The minimum Gasteiger partial charge on any atom is -0.374 e. The van der Waals surface area contributed by atoms with E-state index in [1.807, 2.05) is 0 Å². The summed E-state index contributed by atoms with van der Waals surface area (Å²) < 4.78 is 96.6. The lowest BCUT2D eigenvalue weighted by atomic mass is 9.85. The fourth-order valence-electron chi connectivity index (χ4n) is 4.26. The molecule has 1 amide bonds. The van der Waals surface area contributed by atoms with Crippen LogP contribution >= 0.6 is 11.6 Å². The molecule has 1 saturated carbocycles. The molecule has 1 aliphatic carbocycles. The zero-order valence-corrected chi connectivity index (χ0v) is 19.7. The maximum atomic E-state index is 14.3. The van der Waals surface area contributed by atoms with E-state index in [1.165, 1.54) is 25.1 Å². The van der Waals surface area contributed by atoms with Crippen molar-refractivity contribution in [3.63, 3.8) is 0 Å². The summed E-state index contributed by atoms with van der Waals surface area (Å²) in [6.07, 6.45) is -6.78. The van der Waals surface area contributed by atoms with Crippen molar-refractivity contribution >= 4 is 23.2 Å². The molecule has 1 unspecified atom stereocenters. The molecule has 194 valence electrons. The van der Waals surface area contributed by atoms with E-state index >= 15 is 0 Å². The second kappa shape index (κ2) is 8.64. The predicted octanol–water partition coefficient (Wildman–Crippen LogP) is 6.87. The third kappa shape index (κ3) is 4.89. The molecule has 2 aromatic rings. The quantitative estimate of drug-likeness (QED) is 0.424. The van der Waals surface area contributed by atoms with Crippen molar-refractivity contribution in [3.8, 4) is 0 Å². The van der Waals surface area contributed by atoms with Crippen LogP contribution in [0.3, 0.4) is 0 Å². The number of aryl methyl sites for hydroxylation is 1. The Bertz CT molecular complexity index is 1230. The molecule has 36 heavy (non-hydrogen) atoms. The Morgan fingerprint density at radius 2 is 1.78 bits per heavy atom. The zero-order valence-electron chi connectivity index (χ0n) is 19.0. The number of nitrogens with zero attached hydrogens (tertiary/aromatic N) is 1. The number of oxime groups is 1. The first-order valence-corrected chi connectivity index (χ1v) is 11.2. The monoisotopic (exact) mass is 536 g/mol. The van der Waals surface area contributed by atoms with E-state index in [9.17, 15) is 35.5 Å². The van der Waals surface area contributed by atoms with Crippen molar-refractivity contribution in [3.05, 3.63) is 69.2 Å². The van der Waals surface area contributed by atoms with Crippen LogP contribution in [0.15, 0.2) is 41.6 Å². The van der Waals surface area contributed by atoms with Gasteiger partial charge < -0.3 is 10.2 Å². The molecule has 1 atom stereocenters. The Morgan fingerprint density at radius 1 is 1.11 bits per heavy atom. The topological polar surface area (TPSA) is 50.7 Å². The number of rotatable bonds is 5. The molecule has 12 heteroatoms. The molecule has 2 aliphatic rings. The van der Waals surface area contributed by atoms with Crippen LogP contribution < -0.4 is 5.32 Å². The van der Waals surface area contributed by atoms with Gasteiger partial charge in [0.05, 0.1) is 5.71 Å². The molecule has 0 aromatic heterocycles. The predicted molar refractivity (Wildman–Crippen MR) is 118 cm³/mol. The molecule has 1 N–H and O–H groups in total. The van der Waals surface area contributed by atoms with Crippen LogP contribution in [0.1, 0.15) is 58.8 Å². The van der Waals surface area contributed by atoms with Crippen molar-refractivity contribution in [2.45, 2.75) is 62.8 Å². The summed E-state index contributed by atoms with van der Waals surface area (Å²) in [4.78, 5) is 17.3. The summed E-state index contributed by atoms with van der Waals surface area (Å²) >= 11 is 5.86. The van der Waals surface area contributed by atoms with Gasteiger partial charge in [-0.25, -0.2) is 17.6 Å². The van der Waals surface area contributed by atoms with E-state index < -0.39 is 66.0 Å².